The minimum atomic E-state index is -1.45. The predicted molar refractivity (Wildman–Crippen MR) is 280 cm³/mol. The van der Waals surface area contributed by atoms with Gasteiger partial charge in [0.2, 0.25) is 12.1 Å². The van der Waals surface area contributed by atoms with Crippen LogP contribution in [0.4, 0.5) is 4.79 Å². The van der Waals surface area contributed by atoms with Gasteiger partial charge in [-0.05, 0) is 92.7 Å². The standard InChI is InChI=1S/C57H86N2O11S/c1-3-5-6-7-8-9-10-11-12-21-36-67-56(63)59(30-37-64-38-33-62)52-43-50(58-70-53-27-18-22-35-66-53)48-41-44(23-16-19-31-60)47(26-17-20-32-61)54-49-42-45(65-39-40-71-46-24-14-13-15-25-46)28-29-51(49)69-57(52,55(48)54)68-34-4-2/h4,13-15,24-25,28-29,41-42,44,47,52-55,60-62H,2-3,5-12,16-23,26-27,30-40,43H2,1H3/t44-,47+,52-,53?,54+,55+,57+/m0/s1. The van der Waals surface area contributed by atoms with Crippen molar-refractivity contribution in [3.8, 4) is 11.5 Å². The second-order valence-electron chi connectivity index (χ2n) is 19.5. The number of carbonyl (C=O) groups excluding carboxylic acids is 1. The number of allylic oxidation sites excluding steroid dienone is 1. The van der Waals surface area contributed by atoms with Gasteiger partial charge in [0.15, 0.2) is 0 Å². The molecule has 0 radical (unpaired) electrons. The molecule has 0 bridgehead atoms. The highest BCUT2D eigenvalue weighted by Gasteiger charge is 2.65. The number of nitrogens with zero attached hydrogens (tertiary/aromatic N) is 2. The van der Waals surface area contributed by atoms with E-state index in [4.69, 9.17) is 38.4 Å². The van der Waals surface area contributed by atoms with Gasteiger partial charge >= 0.3 is 6.09 Å². The van der Waals surface area contributed by atoms with Crippen LogP contribution in [0.2, 0.25) is 0 Å². The summed E-state index contributed by atoms with van der Waals surface area (Å²) >= 11 is 1.75. The van der Waals surface area contributed by atoms with Crippen molar-refractivity contribution < 1.29 is 53.4 Å². The van der Waals surface area contributed by atoms with E-state index < -0.39 is 30.1 Å². The number of thioether (sulfide) groups is 1. The molecule has 7 atom stereocenters. The number of aliphatic hydroxyl groups is 3. The molecule has 71 heavy (non-hydrogen) atoms. The molecule has 3 N–H and O–H groups in total. The van der Waals surface area contributed by atoms with Gasteiger partial charge in [0.1, 0.15) is 17.5 Å². The molecule has 2 aromatic carbocycles. The maximum atomic E-state index is 14.9. The van der Waals surface area contributed by atoms with Gasteiger partial charge in [-0.2, -0.15) is 0 Å². The number of hydrogen-bond donors (Lipinski definition) is 3. The fraction of sp³-hybridized carbons (Fsp3) is 0.684. The zero-order valence-electron chi connectivity index (χ0n) is 42.8. The van der Waals surface area contributed by atoms with Gasteiger partial charge in [-0.3, -0.25) is 4.90 Å². The van der Waals surface area contributed by atoms with E-state index in [1.54, 1.807) is 22.7 Å². The molecule has 2 fully saturated rings. The highest BCUT2D eigenvalue weighted by atomic mass is 32.2. The average Bonchev–Trinajstić information content (AvgIpc) is 3.39. The first-order valence-corrected chi connectivity index (χ1v) is 28.2. The number of fused-ring (bicyclic) bond motifs is 2. The largest absolute Gasteiger partial charge is 0.493 e. The molecule has 1 saturated heterocycles. The smallest absolute Gasteiger partial charge is 0.410 e. The van der Waals surface area contributed by atoms with Crippen molar-refractivity contribution in [3.05, 3.63) is 78.4 Å². The van der Waals surface area contributed by atoms with E-state index in [-0.39, 0.29) is 77.0 Å². The van der Waals surface area contributed by atoms with Crippen molar-refractivity contribution in [2.45, 2.75) is 164 Å². The van der Waals surface area contributed by atoms with Crippen molar-refractivity contribution in [1.29, 1.82) is 0 Å². The number of carbonyl (C=O) groups is 1. The van der Waals surface area contributed by atoms with Gasteiger partial charge in [0, 0.05) is 54.7 Å². The molecule has 2 aliphatic carbocycles. The molecule has 4 aliphatic rings. The van der Waals surface area contributed by atoms with E-state index in [1.807, 2.05) is 30.3 Å². The van der Waals surface area contributed by atoms with Gasteiger partial charge in [-0.1, -0.05) is 113 Å². The van der Waals surface area contributed by atoms with E-state index >= 15 is 0 Å². The quantitative estimate of drug-likeness (QED) is 0.0260. The van der Waals surface area contributed by atoms with E-state index in [1.165, 1.54) is 49.8 Å². The maximum absolute atomic E-state index is 14.9. The van der Waals surface area contributed by atoms with Crippen LogP contribution in [0.15, 0.2) is 82.9 Å². The van der Waals surface area contributed by atoms with E-state index in [9.17, 15) is 20.1 Å². The SMILES string of the molecule is C=CCO[C@@]12Oc3ccc(OCCSc4ccccc4)cc3[C@H]3[C@H](CCCCO)[C@@H](CCCCO)C=C(C(=NOC4CCCCO4)C[C@@H]1N(CCOCCO)C(=O)OCCCCCCCCCCCC)[C@H]32. The molecular formula is C57H86N2O11S. The Morgan fingerprint density at radius 1 is 0.873 bits per heavy atom. The Bertz CT molecular complexity index is 1900. The minimum Gasteiger partial charge on any atom is -0.493 e. The second-order valence-corrected chi connectivity index (χ2v) is 20.7. The summed E-state index contributed by atoms with van der Waals surface area (Å²) in [7, 11) is 0. The molecule has 6 rings (SSSR count). The number of unbranched alkanes of at least 4 members (excludes halogenated alkanes) is 11. The van der Waals surface area contributed by atoms with Crippen LogP contribution in [0.1, 0.15) is 147 Å². The number of rotatable bonds is 35. The van der Waals surface area contributed by atoms with Gasteiger partial charge in [0.25, 0.3) is 0 Å². The lowest BCUT2D eigenvalue weighted by Crippen LogP contribution is -2.70. The van der Waals surface area contributed by atoms with Crippen molar-refractivity contribution in [2.75, 3.05) is 71.8 Å². The third-order valence-corrected chi connectivity index (χ3v) is 15.4. The van der Waals surface area contributed by atoms with Crippen molar-refractivity contribution in [1.82, 2.24) is 4.90 Å². The van der Waals surface area contributed by atoms with Crippen LogP contribution in [0.3, 0.4) is 0 Å². The van der Waals surface area contributed by atoms with Crippen LogP contribution in [0.25, 0.3) is 0 Å². The molecule has 396 valence electrons. The molecule has 1 unspecified atom stereocenters. The summed E-state index contributed by atoms with van der Waals surface area (Å²) in [6, 6.07) is 15.6. The molecular weight excluding hydrogens is 921 g/mol. The average molecular weight is 1010 g/mol. The lowest BCUT2D eigenvalue weighted by molar-refractivity contribution is -0.256. The summed E-state index contributed by atoms with van der Waals surface area (Å²) in [5.74, 6) is 0.133. The lowest BCUT2D eigenvalue weighted by atomic mass is 9.55. The molecule has 14 heteroatoms. The Labute approximate surface area is 429 Å². The van der Waals surface area contributed by atoms with Gasteiger partial charge in [-0.25, -0.2) is 4.79 Å². The normalized spacial score (nSPS) is 24.1. The molecule has 2 heterocycles. The number of hydrogen-bond acceptors (Lipinski definition) is 13. The summed E-state index contributed by atoms with van der Waals surface area (Å²) in [6.45, 7) is 8.30. The van der Waals surface area contributed by atoms with Crippen LogP contribution >= 0.6 is 11.8 Å². The first-order chi connectivity index (χ1) is 35.0. The van der Waals surface area contributed by atoms with Gasteiger partial charge in [0.05, 0.1) is 57.9 Å². The molecule has 2 aromatic rings. The first-order valence-electron chi connectivity index (χ1n) is 27.3. The number of oxime groups is 1. The Balaban J connectivity index is 1.40. The number of amides is 1. The summed E-state index contributed by atoms with van der Waals surface area (Å²) in [4.78, 5) is 24.1. The van der Waals surface area contributed by atoms with Crippen LogP contribution in [-0.2, 0) is 23.8 Å². The van der Waals surface area contributed by atoms with Crippen LogP contribution < -0.4 is 9.47 Å². The highest BCUT2D eigenvalue weighted by molar-refractivity contribution is 7.99. The van der Waals surface area contributed by atoms with Gasteiger partial charge < -0.3 is 48.6 Å². The summed E-state index contributed by atoms with van der Waals surface area (Å²) < 4.78 is 39.2. The van der Waals surface area contributed by atoms with E-state index in [2.05, 4.69) is 37.8 Å². The Kier molecular flexibility index (Phi) is 25.4. The molecule has 2 aliphatic heterocycles. The fourth-order valence-corrected chi connectivity index (χ4v) is 11.8. The summed E-state index contributed by atoms with van der Waals surface area (Å²) in [5.41, 5.74) is 2.63. The Hall–Kier alpha value is -3.63. The van der Waals surface area contributed by atoms with E-state index in [0.717, 1.165) is 86.8 Å². The van der Waals surface area contributed by atoms with Crippen molar-refractivity contribution in [2.24, 2.45) is 22.9 Å². The number of benzene rings is 2. The third kappa shape index (κ3) is 16.7. The predicted octanol–water partition coefficient (Wildman–Crippen LogP) is 11.4. The zero-order valence-corrected chi connectivity index (χ0v) is 43.6. The second kappa shape index (κ2) is 31.8. The fourth-order valence-electron chi connectivity index (χ4n) is 11.0. The van der Waals surface area contributed by atoms with Crippen molar-refractivity contribution >= 4 is 23.6 Å². The first kappa shape index (κ1) is 56.7. The molecule has 0 aromatic heterocycles. The molecule has 1 saturated carbocycles. The molecule has 0 spiro atoms. The van der Waals surface area contributed by atoms with Gasteiger partial charge in [-0.15, -0.1) is 18.3 Å². The maximum Gasteiger partial charge on any atom is 0.410 e. The van der Waals surface area contributed by atoms with Crippen LogP contribution in [0.5, 0.6) is 11.5 Å². The van der Waals surface area contributed by atoms with E-state index in [0.29, 0.717) is 37.5 Å². The van der Waals surface area contributed by atoms with Crippen LogP contribution in [0, 0.1) is 17.8 Å². The summed E-state index contributed by atoms with van der Waals surface area (Å²) in [6.07, 6.45) is 22.2. The Morgan fingerprint density at radius 3 is 2.35 bits per heavy atom. The highest BCUT2D eigenvalue weighted by Crippen LogP contribution is 2.62. The molecule has 13 nitrogen and oxygen atoms in total. The van der Waals surface area contributed by atoms with Crippen LogP contribution in [-0.4, -0.2) is 122 Å². The molecule has 1 amide bonds. The van der Waals surface area contributed by atoms with Crippen molar-refractivity contribution in [3.63, 3.8) is 0 Å². The summed E-state index contributed by atoms with van der Waals surface area (Å²) in [5, 5.41) is 34.8. The number of ether oxygens (including phenoxy) is 6. The monoisotopic (exact) mass is 1010 g/mol. The Morgan fingerprint density at radius 2 is 1.63 bits per heavy atom. The zero-order chi connectivity index (χ0) is 49.9. The lowest BCUT2D eigenvalue weighted by Gasteiger charge is -2.59. The minimum absolute atomic E-state index is 0.0551. The number of aliphatic hydroxyl groups excluding tert-OH is 3. The topological polar surface area (TPSA) is 158 Å². The third-order valence-electron chi connectivity index (χ3n) is 14.5.